The number of aliphatic hydroxyl groups excluding tert-OH is 1. The van der Waals surface area contributed by atoms with E-state index in [0.717, 1.165) is 0 Å². The second-order valence-corrected chi connectivity index (χ2v) is 5.22. The van der Waals surface area contributed by atoms with Crippen molar-refractivity contribution in [1.29, 1.82) is 0 Å². The number of ether oxygens (including phenoxy) is 1. The number of methoxy groups -OCH3 is 1. The van der Waals surface area contributed by atoms with Crippen LogP contribution in [0.4, 0.5) is 0 Å². The zero-order chi connectivity index (χ0) is 16.7. The van der Waals surface area contributed by atoms with Crippen LogP contribution in [0.3, 0.4) is 0 Å². The number of aliphatic hydroxyl groups is 1. The maximum atomic E-state index is 12.7. The molecule has 3 aromatic rings. The SMILES string of the molecule is COc1cc(C(C)O)cc2c(=O)c3cc(C(=O)O)ccc3oc12. The average molecular weight is 314 g/mol. The number of hydrogen-bond acceptors (Lipinski definition) is 5. The number of hydrogen-bond donors (Lipinski definition) is 2. The molecule has 1 aromatic heterocycles. The van der Waals surface area contributed by atoms with Gasteiger partial charge in [-0.25, -0.2) is 4.79 Å². The van der Waals surface area contributed by atoms with Crippen molar-refractivity contribution in [2.75, 3.05) is 7.11 Å². The molecule has 3 rings (SSSR count). The fourth-order valence-electron chi connectivity index (χ4n) is 2.47. The zero-order valence-electron chi connectivity index (χ0n) is 12.5. The Balaban J connectivity index is 2.45. The second kappa shape index (κ2) is 5.40. The summed E-state index contributed by atoms with van der Waals surface area (Å²) in [6, 6.07) is 7.23. The van der Waals surface area contributed by atoms with Gasteiger partial charge in [0.05, 0.1) is 29.5 Å². The van der Waals surface area contributed by atoms with E-state index in [1.807, 2.05) is 0 Å². The van der Waals surface area contributed by atoms with E-state index in [2.05, 4.69) is 0 Å². The lowest BCUT2D eigenvalue weighted by Gasteiger charge is -2.11. The molecule has 23 heavy (non-hydrogen) atoms. The van der Waals surface area contributed by atoms with Gasteiger partial charge < -0.3 is 19.4 Å². The quantitative estimate of drug-likeness (QED) is 0.721. The van der Waals surface area contributed by atoms with Crippen LogP contribution in [0, 0.1) is 0 Å². The molecule has 0 saturated heterocycles. The molecule has 6 nitrogen and oxygen atoms in total. The predicted molar refractivity (Wildman–Crippen MR) is 84.1 cm³/mol. The van der Waals surface area contributed by atoms with Crippen LogP contribution in [0.2, 0.25) is 0 Å². The molecule has 0 bridgehead atoms. The lowest BCUT2D eigenvalue weighted by atomic mass is 10.0. The first-order valence-corrected chi connectivity index (χ1v) is 6.92. The van der Waals surface area contributed by atoms with Gasteiger partial charge in [0.2, 0.25) is 5.43 Å². The summed E-state index contributed by atoms with van der Waals surface area (Å²) >= 11 is 0. The van der Waals surface area contributed by atoms with Crippen molar-refractivity contribution in [1.82, 2.24) is 0 Å². The minimum atomic E-state index is -1.12. The molecule has 0 radical (unpaired) electrons. The van der Waals surface area contributed by atoms with Gasteiger partial charge in [-0.3, -0.25) is 4.79 Å². The number of aromatic carboxylic acids is 1. The molecule has 2 N–H and O–H groups in total. The van der Waals surface area contributed by atoms with Crippen molar-refractivity contribution in [3.63, 3.8) is 0 Å². The summed E-state index contributed by atoms with van der Waals surface area (Å²) in [6.07, 6.45) is -0.784. The van der Waals surface area contributed by atoms with Gasteiger partial charge in [0.1, 0.15) is 5.58 Å². The highest BCUT2D eigenvalue weighted by molar-refractivity contribution is 5.97. The molecule has 0 amide bonds. The van der Waals surface area contributed by atoms with Crippen LogP contribution in [-0.4, -0.2) is 23.3 Å². The Morgan fingerprint density at radius 3 is 2.57 bits per heavy atom. The van der Waals surface area contributed by atoms with Crippen LogP contribution in [0.15, 0.2) is 39.5 Å². The summed E-state index contributed by atoms with van der Waals surface area (Å²) in [6.45, 7) is 1.58. The Kier molecular flexibility index (Phi) is 3.54. The van der Waals surface area contributed by atoms with E-state index in [-0.39, 0.29) is 32.9 Å². The van der Waals surface area contributed by atoms with E-state index < -0.39 is 12.1 Å². The van der Waals surface area contributed by atoms with Crippen molar-refractivity contribution < 1.29 is 24.2 Å². The van der Waals surface area contributed by atoms with E-state index in [0.29, 0.717) is 11.3 Å². The summed E-state index contributed by atoms with van der Waals surface area (Å²) in [7, 11) is 1.44. The van der Waals surface area contributed by atoms with Gasteiger partial charge in [0, 0.05) is 0 Å². The Morgan fingerprint density at radius 1 is 1.22 bits per heavy atom. The molecule has 0 saturated carbocycles. The topological polar surface area (TPSA) is 97.0 Å². The summed E-state index contributed by atoms with van der Waals surface area (Å²) in [5.74, 6) is -0.790. The fraction of sp³-hybridized carbons (Fsp3) is 0.176. The number of benzene rings is 2. The number of carbonyl (C=O) groups is 1. The first-order valence-electron chi connectivity index (χ1n) is 6.92. The van der Waals surface area contributed by atoms with Gasteiger partial charge >= 0.3 is 5.97 Å². The van der Waals surface area contributed by atoms with Crippen LogP contribution < -0.4 is 10.2 Å². The fourth-order valence-corrected chi connectivity index (χ4v) is 2.47. The van der Waals surface area contributed by atoms with E-state index in [9.17, 15) is 14.7 Å². The smallest absolute Gasteiger partial charge is 0.335 e. The highest BCUT2D eigenvalue weighted by atomic mass is 16.5. The summed E-state index contributed by atoms with van der Waals surface area (Å²) < 4.78 is 11.0. The van der Waals surface area contributed by atoms with Crippen molar-refractivity contribution >= 4 is 27.9 Å². The van der Waals surface area contributed by atoms with E-state index >= 15 is 0 Å². The minimum Gasteiger partial charge on any atom is -0.493 e. The number of carboxylic acid groups (broad SMARTS) is 1. The van der Waals surface area contributed by atoms with Gasteiger partial charge in [-0.2, -0.15) is 0 Å². The predicted octanol–water partition coefficient (Wildman–Crippen LogP) is 2.71. The van der Waals surface area contributed by atoms with E-state index in [4.69, 9.17) is 14.3 Å². The standard InChI is InChI=1S/C17H14O6/c1-8(18)10-6-12-15(19)11-5-9(17(20)21)3-4-13(11)23-16(12)14(7-10)22-2/h3-8,18H,1-2H3,(H,20,21). The highest BCUT2D eigenvalue weighted by Gasteiger charge is 2.16. The number of fused-ring (bicyclic) bond motifs is 2. The zero-order valence-corrected chi connectivity index (χ0v) is 12.5. The summed E-state index contributed by atoms with van der Waals surface area (Å²) in [4.78, 5) is 23.8. The van der Waals surface area contributed by atoms with Crippen LogP contribution in [-0.2, 0) is 0 Å². The van der Waals surface area contributed by atoms with Gasteiger partial charge in [-0.05, 0) is 42.8 Å². The third kappa shape index (κ3) is 2.43. The van der Waals surface area contributed by atoms with Gasteiger partial charge in [-0.15, -0.1) is 0 Å². The average Bonchev–Trinajstić information content (AvgIpc) is 2.53. The molecule has 0 spiro atoms. The normalized spacial score (nSPS) is 12.5. The Bertz CT molecular complexity index is 984. The molecular weight excluding hydrogens is 300 g/mol. The van der Waals surface area contributed by atoms with Crippen LogP contribution in [0.5, 0.6) is 5.75 Å². The van der Waals surface area contributed by atoms with Crippen LogP contribution in [0.25, 0.3) is 21.9 Å². The van der Waals surface area contributed by atoms with E-state index in [1.54, 1.807) is 13.0 Å². The van der Waals surface area contributed by atoms with Crippen LogP contribution >= 0.6 is 0 Å². The third-order valence-corrected chi connectivity index (χ3v) is 3.71. The summed E-state index contributed by atoms with van der Waals surface area (Å²) in [5.41, 5.74) is 0.677. The van der Waals surface area contributed by atoms with E-state index in [1.165, 1.54) is 31.4 Å². The van der Waals surface area contributed by atoms with Crippen molar-refractivity contribution in [2.24, 2.45) is 0 Å². The van der Waals surface area contributed by atoms with Crippen molar-refractivity contribution in [3.05, 3.63) is 51.7 Å². The molecule has 118 valence electrons. The molecule has 1 unspecified atom stereocenters. The Hall–Kier alpha value is -2.86. The first-order chi connectivity index (χ1) is 10.9. The molecule has 1 atom stereocenters. The molecule has 0 aliphatic heterocycles. The van der Waals surface area contributed by atoms with Gasteiger partial charge in [-0.1, -0.05) is 0 Å². The maximum absolute atomic E-state index is 12.7. The third-order valence-electron chi connectivity index (χ3n) is 3.71. The van der Waals surface area contributed by atoms with Crippen molar-refractivity contribution in [3.8, 4) is 5.75 Å². The number of carboxylic acids is 1. The van der Waals surface area contributed by atoms with Gasteiger partial charge in [0.15, 0.2) is 11.3 Å². The molecule has 0 aliphatic carbocycles. The monoisotopic (exact) mass is 314 g/mol. The van der Waals surface area contributed by atoms with Crippen molar-refractivity contribution in [2.45, 2.75) is 13.0 Å². The lowest BCUT2D eigenvalue weighted by molar-refractivity contribution is 0.0697. The highest BCUT2D eigenvalue weighted by Crippen LogP contribution is 2.31. The molecule has 1 heterocycles. The molecular formula is C17H14O6. The Labute approximate surface area is 130 Å². The molecule has 2 aromatic carbocycles. The maximum Gasteiger partial charge on any atom is 0.335 e. The van der Waals surface area contributed by atoms with Gasteiger partial charge in [0.25, 0.3) is 0 Å². The van der Waals surface area contributed by atoms with Crippen LogP contribution in [0.1, 0.15) is 28.9 Å². The first kappa shape index (κ1) is 15.1. The molecule has 0 fully saturated rings. The molecule has 6 heteroatoms. The number of rotatable bonds is 3. The molecule has 0 aliphatic rings. The minimum absolute atomic E-state index is 0.00259. The largest absolute Gasteiger partial charge is 0.493 e. The summed E-state index contributed by atoms with van der Waals surface area (Å²) in [5, 5.41) is 19.2. The second-order valence-electron chi connectivity index (χ2n) is 5.22. The Morgan fingerprint density at radius 2 is 1.96 bits per heavy atom. The lowest BCUT2D eigenvalue weighted by Crippen LogP contribution is -2.06.